The maximum absolute atomic E-state index is 12.3. The van der Waals surface area contributed by atoms with E-state index >= 15 is 0 Å². The molecule has 2 fully saturated rings. The molecule has 0 saturated carbocycles. The predicted molar refractivity (Wildman–Crippen MR) is 77.9 cm³/mol. The van der Waals surface area contributed by atoms with Gasteiger partial charge in [0.05, 0.1) is 17.3 Å². The molecule has 0 unspecified atom stereocenters. The first-order valence-electron chi connectivity index (χ1n) is 7.00. The Balaban J connectivity index is 1.89. The number of sulfone groups is 1. The molecule has 2 saturated heterocycles. The quantitative estimate of drug-likeness (QED) is 0.666. The van der Waals surface area contributed by atoms with Gasteiger partial charge in [0.25, 0.3) is 0 Å². The van der Waals surface area contributed by atoms with Gasteiger partial charge in [0, 0.05) is 45.8 Å². The van der Waals surface area contributed by atoms with Crippen molar-refractivity contribution in [3.63, 3.8) is 0 Å². The van der Waals surface area contributed by atoms with Gasteiger partial charge in [0.15, 0.2) is 9.84 Å². The van der Waals surface area contributed by atoms with E-state index in [1.807, 2.05) is 0 Å². The van der Waals surface area contributed by atoms with Gasteiger partial charge in [-0.3, -0.25) is 4.90 Å². The Kier molecular flexibility index (Phi) is 5.41. The molecule has 20 heavy (non-hydrogen) atoms. The van der Waals surface area contributed by atoms with Gasteiger partial charge in [-0.25, -0.2) is 21.1 Å². The molecule has 118 valence electrons. The molecule has 0 aromatic rings. The van der Waals surface area contributed by atoms with Gasteiger partial charge in [-0.2, -0.15) is 0 Å². The number of hydrogen-bond acceptors (Lipinski definition) is 6. The minimum atomic E-state index is -3.35. The SMILES string of the molecule is O=S1(=O)CCCN(S(=O)(=O)CCN2CCNCC2)CC1. The Morgan fingerprint density at radius 2 is 1.70 bits per heavy atom. The first kappa shape index (κ1) is 16.2. The van der Waals surface area contributed by atoms with Gasteiger partial charge in [-0.15, -0.1) is 0 Å². The van der Waals surface area contributed by atoms with Crippen LogP contribution in [0.2, 0.25) is 0 Å². The number of sulfonamides is 1. The summed E-state index contributed by atoms with van der Waals surface area (Å²) in [6.07, 6.45) is 0.398. The number of hydrogen-bond donors (Lipinski definition) is 1. The molecule has 2 heterocycles. The van der Waals surface area contributed by atoms with E-state index in [4.69, 9.17) is 0 Å². The lowest BCUT2D eigenvalue weighted by atomic mass is 10.4. The van der Waals surface area contributed by atoms with E-state index in [0.29, 0.717) is 19.5 Å². The molecule has 0 aliphatic carbocycles. The summed E-state index contributed by atoms with van der Waals surface area (Å²) in [7, 11) is -6.42. The van der Waals surface area contributed by atoms with Crippen LogP contribution in [-0.4, -0.2) is 89.1 Å². The smallest absolute Gasteiger partial charge is 0.215 e. The molecule has 0 atom stereocenters. The molecular formula is C11H23N3O4S2. The van der Waals surface area contributed by atoms with Crippen LogP contribution in [0.5, 0.6) is 0 Å². The lowest BCUT2D eigenvalue weighted by Crippen LogP contribution is -2.46. The van der Waals surface area contributed by atoms with Crippen LogP contribution in [0.15, 0.2) is 0 Å². The largest absolute Gasteiger partial charge is 0.314 e. The molecular weight excluding hydrogens is 302 g/mol. The third-order valence-corrected chi connectivity index (χ3v) is 7.35. The molecule has 0 spiro atoms. The zero-order chi connectivity index (χ0) is 14.6. The van der Waals surface area contributed by atoms with E-state index in [0.717, 1.165) is 26.2 Å². The number of piperazine rings is 1. The lowest BCUT2D eigenvalue weighted by molar-refractivity contribution is 0.252. The molecule has 0 bridgehead atoms. The van der Waals surface area contributed by atoms with Crippen molar-refractivity contribution >= 4 is 19.9 Å². The van der Waals surface area contributed by atoms with Crippen molar-refractivity contribution in [1.82, 2.24) is 14.5 Å². The van der Waals surface area contributed by atoms with E-state index in [2.05, 4.69) is 10.2 Å². The third-order valence-electron chi connectivity index (χ3n) is 3.78. The Morgan fingerprint density at radius 1 is 1.00 bits per heavy atom. The molecule has 2 aliphatic heterocycles. The second kappa shape index (κ2) is 6.69. The molecule has 2 aliphatic rings. The molecule has 0 aromatic heterocycles. The van der Waals surface area contributed by atoms with Gasteiger partial charge >= 0.3 is 0 Å². The number of nitrogens with one attached hydrogen (secondary N) is 1. The van der Waals surface area contributed by atoms with E-state index in [1.54, 1.807) is 0 Å². The summed E-state index contributed by atoms with van der Waals surface area (Å²) in [5.41, 5.74) is 0. The van der Waals surface area contributed by atoms with Crippen LogP contribution in [0, 0.1) is 0 Å². The highest BCUT2D eigenvalue weighted by atomic mass is 32.2. The first-order chi connectivity index (χ1) is 9.39. The summed E-state index contributed by atoms with van der Waals surface area (Å²) in [5.74, 6) is 0.115. The van der Waals surface area contributed by atoms with Crippen molar-refractivity contribution in [3.05, 3.63) is 0 Å². The average molecular weight is 325 g/mol. The summed E-state index contributed by atoms with van der Waals surface area (Å²) in [6.45, 7) is 4.46. The van der Waals surface area contributed by atoms with Crippen LogP contribution in [0.1, 0.15) is 6.42 Å². The second-order valence-electron chi connectivity index (χ2n) is 5.31. The fraction of sp³-hybridized carbons (Fsp3) is 1.00. The zero-order valence-electron chi connectivity index (χ0n) is 11.6. The van der Waals surface area contributed by atoms with Crippen molar-refractivity contribution in [1.29, 1.82) is 0 Å². The van der Waals surface area contributed by atoms with E-state index in [1.165, 1.54) is 4.31 Å². The third kappa shape index (κ3) is 4.66. The molecule has 0 radical (unpaired) electrons. The molecule has 0 amide bonds. The van der Waals surface area contributed by atoms with Crippen molar-refractivity contribution < 1.29 is 16.8 Å². The maximum atomic E-state index is 12.3. The highest BCUT2D eigenvalue weighted by Crippen LogP contribution is 2.10. The van der Waals surface area contributed by atoms with Gasteiger partial charge in [-0.1, -0.05) is 0 Å². The summed E-state index contributed by atoms with van der Waals surface area (Å²) in [5, 5.41) is 3.22. The minimum absolute atomic E-state index is 0.0557. The molecule has 0 aromatic carbocycles. The summed E-state index contributed by atoms with van der Waals surface area (Å²) >= 11 is 0. The maximum Gasteiger partial charge on any atom is 0.215 e. The molecule has 9 heteroatoms. The Labute approximate surface area is 121 Å². The van der Waals surface area contributed by atoms with Crippen LogP contribution < -0.4 is 5.32 Å². The van der Waals surface area contributed by atoms with Gasteiger partial charge < -0.3 is 5.32 Å². The topological polar surface area (TPSA) is 86.8 Å². The first-order valence-corrected chi connectivity index (χ1v) is 10.4. The highest BCUT2D eigenvalue weighted by molar-refractivity contribution is 7.91. The van der Waals surface area contributed by atoms with Crippen molar-refractivity contribution in [3.8, 4) is 0 Å². The molecule has 1 N–H and O–H groups in total. The van der Waals surface area contributed by atoms with E-state index in [-0.39, 0.29) is 23.8 Å². The van der Waals surface area contributed by atoms with Crippen molar-refractivity contribution in [2.24, 2.45) is 0 Å². The normalized spacial score (nSPS) is 26.2. The number of nitrogens with zero attached hydrogens (tertiary/aromatic N) is 2. The van der Waals surface area contributed by atoms with Crippen LogP contribution in [0.4, 0.5) is 0 Å². The Bertz CT molecular complexity index is 512. The van der Waals surface area contributed by atoms with Gasteiger partial charge in [0.1, 0.15) is 0 Å². The fourth-order valence-corrected chi connectivity index (χ4v) is 5.41. The van der Waals surface area contributed by atoms with Crippen LogP contribution in [0.25, 0.3) is 0 Å². The number of rotatable bonds is 4. The van der Waals surface area contributed by atoms with Crippen LogP contribution in [-0.2, 0) is 19.9 Å². The minimum Gasteiger partial charge on any atom is -0.314 e. The van der Waals surface area contributed by atoms with Gasteiger partial charge in [-0.05, 0) is 6.42 Å². The average Bonchev–Trinajstić information content (AvgIpc) is 2.59. The van der Waals surface area contributed by atoms with E-state index < -0.39 is 19.9 Å². The summed E-state index contributed by atoms with van der Waals surface area (Å²) in [4.78, 5) is 2.13. The van der Waals surface area contributed by atoms with Crippen LogP contribution in [0.3, 0.4) is 0 Å². The predicted octanol–water partition coefficient (Wildman–Crippen LogP) is -1.66. The summed E-state index contributed by atoms with van der Waals surface area (Å²) in [6, 6.07) is 0. The summed E-state index contributed by atoms with van der Waals surface area (Å²) < 4.78 is 48.9. The molecule has 2 rings (SSSR count). The fourth-order valence-electron chi connectivity index (χ4n) is 2.50. The second-order valence-corrected chi connectivity index (χ2v) is 9.70. The van der Waals surface area contributed by atoms with Crippen LogP contribution >= 0.6 is 0 Å². The zero-order valence-corrected chi connectivity index (χ0v) is 13.3. The van der Waals surface area contributed by atoms with E-state index in [9.17, 15) is 16.8 Å². The van der Waals surface area contributed by atoms with Gasteiger partial charge in [0.2, 0.25) is 10.0 Å². The molecule has 7 nitrogen and oxygen atoms in total. The highest BCUT2D eigenvalue weighted by Gasteiger charge is 2.27. The standard InChI is InChI=1S/C11H23N3O4S2/c15-19(16)9-1-4-14(8-10-19)20(17,18)11-7-13-5-2-12-3-6-13/h12H,1-11H2. The Morgan fingerprint density at radius 3 is 2.40 bits per heavy atom. The van der Waals surface area contributed by atoms with Crippen molar-refractivity contribution in [2.45, 2.75) is 6.42 Å². The monoisotopic (exact) mass is 325 g/mol. The Hall–Kier alpha value is -0.220. The van der Waals surface area contributed by atoms with Crippen molar-refractivity contribution in [2.75, 3.05) is 63.1 Å². The lowest BCUT2D eigenvalue weighted by Gasteiger charge is -2.28.